The molecule has 0 radical (unpaired) electrons. The number of carbonyl (C=O) groups excluding carboxylic acids is 1. The molecule has 0 aliphatic heterocycles. The van der Waals surface area contributed by atoms with Gasteiger partial charge < -0.3 is 14.5 Å². The quantitative estimate of drug-likeness (QED) is 0.321. The fourth-order valence-electron chi connectivity index (χ4n) is 3.39. The topological polar surface area (TPSA) is 69.3 Å². The molecule has 0 spiro atoms. The second-order valence-corrected chi connectivity index (χ2v) is 8.62. The molecule has 0 fully saturated rings. The third kappa shape index (κ3) is 5.41. The molecule has 1 N–H and O–H groups in total. The summed E-state index contributed by atoms with van der Waals surface area (Å²) in [5.41, 5.74) is 4.63. The van der Waals surface area contributed by atoms with Crippen molar-refractivity contribution < 1.29 is 13.9 Å². The lowest BCUT2D eigenvalue weighted by molar-refractivity contribution is 0.0992. The number of halogens is 2. The van der Waals surface area contributed by atoms with Crippen LogP contribution >= 0.6 is 23.2 Å². The molecule has 1 amide bonds. The van der Waals surface area contributed by atoms with E-state index in [-0.39, 0.29) is 18.3 Å². The summed E-state index contributed by atoms with van der Waals surface area (Å²) < 4.78 is 13.2. The van der Waals surface area contributed by atoms with E-state index in [0.29, 0.717) is 33.8 Å². The minimum absolute atomic E-state index is 0.126. The van der Waals surface area contributed by atoms with Gasteiger partial charge in [-0.1, -0.05) is 53.0 Å². The maximum atomic E-state index is 12.8. The number of carbonyl (C=O) groups is 1. The Morgan fingerprint density at radius 3 is 2.55 bits per heavy atom. The SMILES string of the molecule is Cc1ccc(Cn2nc(C)c(NC(=O)c3ccc(COc4ccc(Cl)cc4Cl)o3)c2C)cc1. The zero-order valence-corrected chi connectivity index (χ0v) is 20.0. The maximum absolute atomic E-state index is 12.8. The third-order valence-electron chi connectivity index (χ3n) is 5.22. The van der Waals surface area contributed by atoms with Crippen molar-refractivity contribution in [1.82, 2.24) is 9.78 Å². The van der Waals surface area contributed by atoms with Crippen LogP contribution in [0.1, 0.15) is 38.8 Å². The van der Waals surface area contributed by atoms with Gasteiger partial charge >= 0.3 is 0 Å². The van der Waals surface area contributed by atoms with Gasteiger partial charge in [-0.2, -0.15) is 5.10 Å². The molecule has 0 unspecified atom stereocenters. The summed E-state index contributed by atoms with van der Waals surface area (Å²) in [5, 5.41) is 8.44. The highest BCUT2D eigenvalue weighted by Gasteiger charge is 2.18. The van der Waals surface area contributed by atoms with Crippen molar-refractivity contribution >= 4 is 34.8 Å². The first kappa shape index (κ1) is 23.0. The molecule has 6 nitrogen and oxygen atoms in total. The van der Waals surface area contributed by atoms with Crippen LogP contribution in [0.3, 0.4) is 0 Å². The van der Waals surface area contributed by atoms with Crippen LogP contribution in [-0.2, 0) is 13.2 Å². The van der Waals surface area contributed by atoms with Gasteiger partial charge in [0.25, 0.3) is 5.91 Å². The number of benzene rings is 2. The largest absolute Gasteiger partial charge is 0.484 e. The van der Waals surface area contributed by atoms with Crippen LogP contribution in [0.5, 0.6) is 5.75 Å². The van der Waals surface area contributed by atoms with Crippen LogP contribution in [0.15, 0.2) is 59.0 Å². The molecule has 0 atom stereocenters. The predicted molar refractivity (Wildman–Crippen MR) is 129 cm³/mol. The monoisotopic (exact) mass is 483 g/mol. The van der Waals surface area contributed by atoms with Crippen molar-refractivity contribution in [2.75, 3.05) is 5.32 Å². The second kappa shape index (κ2) is 9.73. The number of furan rings is 1. The lowest BCUT2D eigenvalue weighted by Gasteiger charge is -2.07. The molecule has 0 aliphatic carbocycles. The smallest absolute Gasteiger partial charge is 0.291 e. The van der Waals surface area contributed by atoms with Gasteiger partial charge in [0.15, 0.2) is 5.76 Å². The Hall–Kier alpha value is -3.22. The van der Waals surface area contributed by atoms with E-state index in [2.05, 4.69) is 41.6 Å². The van der Waals surface area contributed by atoms with Gasteiger partial charge in [0, 0.05) is 5.02 Å². The number of ether oxygens (including phenoxy) is 1. The van der Waals surface area contributed by atoms with E-state index in [1.54, 1.807) is 30.3 Å². The highest BCUT2D eigenvalue weighted by atomic mass is 35.5. The number of hydrogen-bond acceptors (Lipinski definition) is 4. The van der Waals surface area contributed by atoms with E-state index >= 15 is 0 Å². The molecule has 0 saturated carbocycles. The van der Waals surface area contributed by atoms with Gasteiger partial charge in [0.2, 0.25) is 0 Å². The normalized spacial score (nSPS) is 10.9. The average Bonchev–Trinajstić information content (AvgIpc) is 3.35. The Balaban J connectivity index is 1.42. The van der Waals surface area contributed by atoms with E-state index in [0.717, 1.165) is 17.0 Å². The van der Waals surface area contributed by atoms with Crippen LogP contribution in [0.4, 0.5) is 5.69 Å². The molecule has 4 rings (SSSR count). The van der Waals surface area contributed by atoms with Crippen molar-refractivity contribution in [3.05, 3.63) is 98.7 Å². The zero-order chi connectivity index (χ0) is 23.5. The number of anilines is 1. The minimum atomic E-state index is -0.355. The number of amides is 1. The Morgan fingerprint density at radius 1 is 1.06 bits per heavy atom. The standard InChI is InChI=1S/C25H23Cl2N3O3/c1-15-4-6-18(7-5-15)13-30-17(3)24(16(2)29-30)28-25(31)23-11-9-20(33-23)14-32-22-10-8-19(26)12-21(22)27/h4-12H,13-14H2,1-3H3,(H,28,31). The molecule has 2 aromatic carbocycles. The fourth-order valence-corrected chi connectivity index (χ4v) is 3.86. The number of aromatic nitrogens is 2. The Kier molecular flexibility index (Phi) is 6.77. The minimum Gasteiger partial charge on any atom is -0.484 e. The van der Waals surface area contributed by atoms with Crippen molar-refractivity contribution in [3.8, 4) is 5.75 Å². The number of nitrogens with zero attached hydrogens (tertiary/aromatic N) is 2. The summed E-state index contributed by atoms with van der Waals surface area (Å²) >= 11 is 12.0. The Labute approximate surface area is 202 Å². The lowest BCUT2D eigenvalue weighted by atomic mass is 10.1. The predicted octanol–water partition coefficient (Wildman–Crippen LogP) is 6.59. The Morgan fingerprint density at radius 2 is 1.82 bits per heavy atom. The van der Waals surface area contributed by atoms with Crippen LogP contribution in [0.25, 0.3) is 0 Å². The van der Waals surface area contributed by atoms with Crippen molar-refractivity contribution in [2.24, 2.45) is 0 Å². The van der Waals surface area contributed by atoms with Crippen LogP contribution in [0.2, 0.25) is 10.0 Å². The zero-order valence-electron chi connectivity index (χ0n) is 18.5. The molecular weight excluding hydrogens is 461 g/mol. The van der Waals surface area contributed by atoms with Gasteiger partial charge in [-0.05, 0) is 56.7 Å². The number of aryl methyl sites for hydroxylation is 2. The molecule has 170 valence electrons. The molecule has 0 bridgehead atoms. The molecule has 8 heteroatoms. The molecule has 2 heterocycles. The molecule has 33 heavy (non-hydrogen) atoms. The number of rotatable bonds is 7. The highest BCUT2D eigenvalue weighted by Crippen LogP contribution is 2.28. The number of nitrogens with one attached hydrogen (secondary N) is 1. The van der Waals surface area contributed by atoms with E-state index in [1.807, 2.05) is 18.5 Å². The molecule has 0 saturated heterocycles. The lowest BCUT2D eigenvalue weighted by Crippen LogP contribution is -2.12. The first-order chi connectivity index (χ1) is 15.8. The van der Waals surface area contributed by atoms with Gasteiger partial charge in [-0.15, -0.1) is 0 Å². The molecule has 2 aromatic heterocycles. The van der Waals surface area contributed by atoms with Gasteiger partial charge in [0.1, 0.15) is 18.1 Å². The summed E-state index contributed by atoms with van der Waals surface area (Å²) in [6, 6.07) is 16.6. The average molecular weight is 484 g/mol. The van der Waals surface area contributed by atoms with Gasteiger partial charge in [-0.3, -0.25) is 9.48 Å². The number of hydrogen-bond donors (Lipinski definition) is 1. The van der Waals surface area contributed by atoms with E-state index < -0.39 is 0 Å². The van der Waals surface area contributed by atoms with Crippen LogP contribution < -0.4 is 10.1 Å². The van der Waals surface area contributed by atoms with E-state index in [1.165, 1.54) is 5.56 Å². The summed E-state index contributed by atoms with van der Waals surface area (Å²) in [6.07, 6.45) is 0. The van der Waals surface area contributed by atoms with Crippen LogP contribution in [-0.4, -0.2) is 15.7 Å². The van der Waals surface area contributed by atoms with Gasteiger partial charge in [0.05, 0.1) is 28.6 Å². The Bertz CT molecular complexity index is 1290. The van der Waals surface area contributed by atoms with Crippen molar-refractivity contribution in [1.29, 1.82) is 0 Å². The van der Waals surface area contributed by atoms with E-state index in [9.17, 15) is 4.79 Å². The van der Waals surface area contributed by atoms with Gasteiger partial charge in [-0.25, -0.2) is 0 Å². The van der Waals surface area contributed by atoms with E-state index in [4.69, 9.17) is 32.4 Å². The van der Waals surface area contributed by atoms with Crippen molar-refractivity contribution in [3.63, 3.8) is 0 Å². The van der Waals surface area contributed by atoms with Crippen molar-refractivity contribution in [2.45, 2.75) is 33.9 Å². The maximum Gasteiger partial charge on any atom is 0.291 e. The molecular formula is C25H23Cl2N3O3. The van der Waals surface area contributed by atoms with Crippen LogP contribution in [0, 0.1) is 20.8 Å². The fraction of sp³-hybridized carbons (Fsp3) is 0.200. The third-order valence-corrected chi connectivity index (χ3v) is 5.75. The molecule has 0 aliphatic rings. The summed E-state index contributed by atoms with van der Waals surface area (Å²) in [6.45, 7) is 6.60. The molecule has 4 aromatic rings. The summed E-state index contributed by atoms with van der Waals surface area (Å²) in [7, 11) is 0. The highest BCUT2D eigenvalue weighted by molar-refractivity contribution is 6.35. The summed E-state index contributed by atoms with van der Waals surface area (Å²) in [5.74, 6) is 0.804. The first-order valence-electron chi connectivity index (χ1n) is 10.4. The second-order valence-electron chi connectivity index (χ2n) is 7.77. The first-order valence-corrected chi connectivity index (χ1v) is 11.1. The summed E-state index contributed by atoms with van der Waals surface area (Å²) in [4.78, 5) is 12.8.